The molecule has 1 aliphatic carbocycles. The summed E-state index contributed by atoms with van der Waals surface area (Å²) in [5, 5.41) is 2.69. The lowest BCUT2D eigenvalue weighted by atomic mass is 9.81. The Bertz CT molecular complexity index is 765. The van der Waals surface area contributed by atoms with Gasteiger partial charge >= 0.3 is 5.97 Å². The third-order valence-corrected chi connectivity index (χ3v) is 5.46. The monoisotopic (exact) mass is 372 g/mol. The number of aryl methyl sites for hydroxylation is 1. The van der Waals surface area contributed by atoms with Crippen molar-refractivity contribution in [1.82, 2.24) is 4.90 Å². The Morgan fingerprint density at radius 3 is 2.37 bits per heavy atom. The first-order valence-electron chi connectivity index (χ1n) is 9.25. The van der Waals surface area contributed by atoms with Crippen LogP contribution >= 0.6 is 0 Å². The van der Waals surface area contributed by atoms with Crippen LogP contribution in [0, 0.1) is 25.7 Å². The molecule has 0 aromatic heterocycles. The minimum atomic E-state index is -0.758. The number of hydrogen-bond donors (Lipinski definition) is 1. The molecule has 0 spiro atoms. The van der Waals surface area contributed by atoms with Crippen LogP contribution in [0.5, 0.6) is 0 Å². The largest absolute Gasteiger partial charge is 0.454 e. The smallest absolute Gasteiger partial charge is 0.326 e. The second kappa shape index (κ2) is 7.90. The number of imide groups is 1. The molecule has 0 radical (unpaired) electrons. The van der Waals surface area contributed by atoms with Crippen molar-refractivity contribution in [2.45, 2.75) is 39.5 Å². The van der Waals surface area contributed by atoms with E-state index in [-0.39, 0.29) is 23.7 Å². The van der Waals surface area contributed by atoms with Gasteiger partial charge in [0.15, 0.2) is 6.61 Å². The first kappa shape index (κ1) is 19.1. The molecule has 1 saturated carbocycles. The van der Waals surface area contributed by atoms with Gasteiger partial charge in [0.2, 0.25) is 11.8 Å². The van der Waals surface area contributed by atoms with Crippen molar-refractivity contribution in [1.29, 1.82) is 0 Å². The number of anilines is 1. The van der Waals surface area contributed by atoms with Crippen molar-refractivity contribution in [3.05, 3.63) is 29.3 Å². The van der Waals surface area contributed by atoms with Crippen LogP contribution in [-0.2, 0) is 23.9 Å². The number of nitrogens with zero attached hydrogens (tertiary/aromatic N) is 1. The van der Waals surface area contributed by atoms with Gasteiger partial charge in [0.25, 0.3) is 5.91 Å². The second-order valence-corrected chi connectivity index (χ2v) is 7.22. The average Bonchev–Trinajstić information content (AvgIpc) is 2.89. The Morgan fingerprint density at radius 1 is 1.11 bits per heavy atom. The highest BCUT2D eigenvalue weighted by molar-refractivity contribution is 6.07. The highest BCUT2D eigenvalue weighted by Gasteiger charge is 2.48. The number of esters is 1. The van der Waals surface area contributed by atoms with Crippen LogP contribution in [0.2, 0.25) is 0 Å². The highest BCUT2D eigenvalue weighted by atomic mass is 16.5. The number of fused-ring (bicyclic) bond motifs is 1. The summed E-state index contributed by atoms with van der Waals surface area (Å²) in [5.74, 6) is -2.41. The van der Waals surface area contributed by atoms with Gasteiger partial charge in [-0.1, -0.05) is 25.0 Å². The highest BCUT2D eigenvalue weighted by Crippen LogP contribution is 2.37. The van der Waals surface area contributed by atoms with Crippen molar-refractivity contribution < 1.29 is 23.9 Å². The lowest BCUT2D eigenvalue weighted by Crippen LogP contribution is -2.37. The van der Waals surface area contributed by atoms with Crippen molar-refractivity contribution in [2.75, 3.05) is 18.5 Å². The molecule has 0 bridgehead atoms. The number of carbonyl (C=O) groups excluding carboxylic acids is 4. The average molecular weight is 372 g/mol. The van der Waals surface area contributed by atoms with E-state index in [4.69, 9.17) is 4.74 Å². The van der Waals surface area contributed by atoms with E-state index in [1.165, 1.54) is 0 Å². The molecular weight excluding hydrogens is 348 g/mol. The molecule has 1 aromatic rings. The lowest BCUT2D eigenvalue weighted by molar-refractivity contribution is -0.154. The van der Waals surface area contributed by atoms with Crippen LogP contribution in [-0.4, -0.2) is 41.7 Å². The van der Waals surface area contributed by atoms with Gasteiger partial charge in [-0.15, -0.1) is 0 Å². The van der Waals surface area contributed by atoms with Gasteiger partial charge in [0.05, 0.1) is 11.8 Å². The first-order valence-corrected chi connectivity index (χ1v) is 9.25. The number of nitrogens with one attached hydrogen (secondary N) is 1. The topological polar surface area (TPSA) is 92.8 Å². The molecule has 2 aliphatic rings. The molecule has 2 fully saturated rings. The maximum atomic E-state index is 12.4. The third kappa shape index (κ3) is 4.02. The number of amides is 3. The third-order valence-electron chi connectivity index (χ3n) is 5.46. The number of ether oxygens (including phenoxy) is 1. The quantitative estimate of drug-likeness (QED) is 0.630. The zero-order valence-electron chi connectivity index (χ0n) is 15.6. The zero-order valence-corrected chi connectivity index (χ0v) is 15.6. The molecule has 2 unspecified atom stereocenters. The number of carbonyl (C=O) groups is 4. The predicted octanol–water partition coefficient (Wildman–Crippen LogP) is 1.96. The maximum Gasteiger partial charge on any atom is 0.326 e. The van der Waals surface area contributed by atoms with Gasteiger partial charge in [-0.2, -0.15) is 0 Å². The summed E-state index contributed by atoms with van der Waals surface area (Å²) in [7, 11) is 0. The van der Waals surface area contributed by atoms with Crippen LogP contribution in [0.15, 0.2) is 18.2 Å². The first-order chi connectivity index (χ1) is 12.9. The maximum absolute atomic E-state index is 12.4. The van der Waals surface area contributed by atoms with Crippen LogP contribution in [0.1, 0.15) is 36.8 Å². The molecule has 7 nitrogen and oxygen atoms in total. The van der Waals surface area contributed by atoms with Gasteiger partial charge in [0, 0.05) is 5.69 Å². The molecular formula is C20H24N2O5. The van der Waals surface area contributed by atoms with Crippen LogP contribution < -0.4 is 5.32 Å². The molecule has 1 N–H and O–H groups in total. The summed E-state index contributed by atoms with van der Waals surface area (Å²) >= 11 is 0. The van der Waals surface area contributed by atoms with Gasteiger partial charge in [-0.25, -0.2) is 0 Å². The zero-order chi connectivity index (χ0) is 19.6. The second-order valence-electron chi connectivity index (χ2n) is 7.22. The van der Waals surface area contributed by atoms with Crippen LogP contribution in [0.25, 0.3) is 0 Å². The number of likely N-dealkylation sites (tertiary alicyclic amines) is 1. The van der Waals surface area contributed by atoms with Gasteiger partial charge < -0.3 is 10.1 Å². The van der Waals surface area contributed by atoms with E-state index in [1.54, 1.807) is 6.07 Å². The van der Waals surface area contributed by atoms with E-state index in [0.29, 0.717) is 18.5 Å². The van der Waals surface area contributed by atoms with Crippen LogP contribution in [0.4, 0.5) is 5.69 Å². The van der Waals surface area contributed by atoms with Gasteiger partial charge in [-0.3, -0.25) is 24.1 Å². The number of benzene rings is 1. The summed E-state index contributed by atoms with van der Waals surface area (Å²) in [6.45, 7) is 2.93. The molecule has 7 heteroatoms. The van der Waals surface area contributed by atoms with E-state index in [2.05, 4.69) is 5.32 Å². The van der Waals surface area contributed by atoms with E-state index >= 15 is 0 Å². The van der Waals surface area contributed by atoms with Crippen molar-refractivity contribution in [3.8, 4) is 0 Å². The molecule has 3 amide bonds. The summed E-state index contributed by atoms with van der Waals surface area (Å²) in [6.07, 6.45) is 3.24. The summed E-state index contributed by atoms with van der Waals surface area (Å²) in [4.78, 5) is 49.7. The number of hydrogen-bond acceptors (Lipinski definition) is 5. The molecule has 144 valence electrons. The molecule has 2 atom stereocenters. The molecule has 3 rings (SSSR count). The normalized spacial score (nSPS) is 21.8. The van der Waals surface area contributed by atoms with E-state index in [1.807, 2.05) is 26.0 Å². The lowest BCUT2D eigenvalue weighted by Gasteiger charge is -2.19. The fourth-order valence-electron chi connectivity index (χ4n) is 3.78. The Hall–Kier alpha value is -2.70. The van der Waals surface area contributed by atoms with Crippen LogP contribution in [0.3, 0.4) is 0 Å². The Balaban J connectivity index is 1.51. The minimum absolute atomic E-state index is 0.290. The minimum Gasteiger partial charge on any atom is -0.454 e. The van der Waals surface area contributed by atoms with Crippen molar-refractivity contribution in [2.24, 2.45) is 11.8 Å². The number of rotatable bonds is 5. The SMILES string of the molecule is Cc1cccc(NC(=O)COC(=O)CN2C(=O)C3CCCCC3C2=O)c1C. The fraction of sp³-hybridized carbons (Fsp3) is 0.500. The predicted molar refractivity (Wildman–Crippen MR) is 97.7 cm³/mol. The Kier molecular flexibility index (Phi) is 5.58. The molecule has 1 saturated heterocycles. The van der Waals surface area contributed by atoms with Gasteiger partial charge in [0.1, 0.15) is 6.54 Å². The molecule has 1 aliphatic heterocycles. The summed E-state index contributed by atoms with van der Waals surface area (Å²) in [5.41, 5.74) is 2.63. The summed E-state index contributed by atoms with van der Waals surface area (Å²) in [6, 6.07) is 5.53. The van der Waals surface area contributed by atoms with E-state index in [0.717, 1.165) is 28.9 Å². The van der Waals surface area contributed by atoms with E-state index in [9.17, 15) is 19.2 Å². The molecule has 1 heterocycles. The standard InChI is InChI=1S/C20H24N2O5/c1-12-6-5-9-16(13(12)2)21-17(23)11-27-18(24)10-22-19(25)14-7-3-4-8-15(14)20(22)26/h5-6,9,14-15H,3-4,7-8,10-11H2,1-2H3,(H,21,23). The fourth-order valence-corrected chi connectivity index (χ4v) is 3.78. The molecule has 27 heavy (non-hydrogen) atoms. The van der Waals surface area contributed by atoms with E-state index < -0.39 is 25.0 Å². The Labute approximate surface area is 158 Å². The van der Waals surface area contributed by atoms with Crippen molar-refractivity contribution >= 4 is 29.4 Å². The van der Waals surface area contributed by atoms with Crippen molar-refractivity contribution in [3.63, 3.8) is 0 Å². The van der Waals surface area contributed by atoms with Gasteiger partial charge in [-0.05, 0) is 43.9 Å². The Morgan fingerprint density at radius 2 is 1.74 bits per heavy atom. The summed E-state index contributed by atoms with van der Waals surface area (Å²) < 4.78 is 4.96. The molecule has 1 aromatic carbocycles.